The first kappa shape index (κ1) is 32.2. The molecule has 3 N–H and O–H groups in total. The third-order valence-electron chi connectivity index (χ3n) is 8.02. The van der Waals surface area contributed by atoms with Crippen LogP contribution in [0.1, 0.15) is 36.1 Å². The van der Waals surface area contributed by atoms with Gasteiger partial charge in [-0.3, -0.25) is 14.4 Å². The third kappa shape index (κ3) is 7.54. The number of aliphatic hydroxyl groups excluding tert-OH is 1. The average Bonchev–Trinajstić information content (AvgIpc) is 3.62. The minimum absolute atomic E-state index is 0.156. The van der Waals surface area contributed by atoms with E-state index in [4.69, 9.17) is 14.2 Å². The van der Waals surface area contributed by atoms with Gasteiger partial charge in [0.1, 0.15) is 11.8 Å². The van der Waals surface area contributed by atoms with Crippen molar-refractivity contribution in [3.63, 3.8) is 0 Å². The number of aryl methyl sites for hydroxylation is 2. The van der Waals surface area contributed by atoms with Crippen LogP contribution >= 0.6 is 11.8 Å². The molecule has 45 heavy (non-hydrogen) atoms. The molecule has 3 aromatic rings. The van der Waals surface area contributed by atoms with E-state index in [-0.39, 0.29) is 38.1 Å². The summed E-state index contributed by atoms with van der Waals surface area (Å²) in [6.45, 7) is 7.70. The van der Waals surface area contributed by atoms with Crippen LogP contribution in [-0.4, -0.2) is 69.9 Å². The number of nitrogens with zero attached hydrogens (tertiary/aromatic N) is 1. The van der Waals surface area contributed by atoms with Crippen molar-refractivity contribution in [1.82, 2.24) is 15.5 Å². The normalized spacial score (nSPS) is 17.8. The number of para-hydroxylation sites is 1. The second-order valence-electron chi connectivity index (χ2n) is 11.8. The first-order valence-electron chi connectivity index (χ1n) is 14.8. The highest BCUT2D eigenvalue weighted by Gasteiger charge is 2.49. The fourth-order valence-corrected chi connectivity index (χ4v) is 6.75. The lowest BCUT2D eigenvalue weighted by Crippen LogP contribution is -2.59. The van der Waals surface area contributed by atoms with Crippen molar-refractivity contribution < 1.29 is 33.7 Å². The number of hydrogen-bond acceptors (Lipinski definition) is 8. The Balaban J connectivity index is 1.28. The molecule has 0 radical (unpaired) electrons. The minimum Gasteiger partial charge on any atom is -0.483 e. The molecular weight excluding hydrogens is 594 g/mol. The first-order valence-corrected chi connectivity index (χ1v) is 15.8. The van der Waals surface area contributed by atoms with Crippen LogP contribution in [0.2, 0.25) is 0 Å². The molecule has 1 fully saturated rings. The molecule has 0 aromatic heterocycles. The first-order chi connectivity index (χ1) is 21.5. The molecule has 2 aliphatic rings. The maximum Gasteiger partial charge on any atom is 0.258 e. The van der Waals surface area contributed by atoms with E-state index in [0.717, 1.165) is 22.3 Å². The quantitative estimate of drug-likeness (QED) is 0.293. The van der Waals surface area contributed by atoms with Gasteiger partial charge in [-0.2, -0.15) is 0 Å². The highest BCUT2D eigenvalue weighted by molar-refractivity contribution is 8.00. The van der Waals surface area contributed by atoms with Crippen molar-refractivity contribution in [3.8, 4) is 17.2 Å². The smallest absolute Gasteiger partial charge is 0.258 e. The Kier molecular flexibility index (Phi) is 9.89. The Bertz CT molecular complexity index is 1530. The number of rotatable bonds is 11. The maximum atomic E-state index is 13.9. The molecule has 11 heteroatoms. The number of aliphatic hydroxyl groups is 1. The zero-order chi connectivity index (χ0) is 32.1. The average molecular weight is 634 g/mol. The molecule has 0 bridgehead atoms. The van der Waals surface area contributed by atoms with E-state index < -0.39 is 34.7 Å². The van der Waals surface area contributed by atoms with Gasteiger partial charge in [0.15, 0.2) is 24.2 Å². The Morgan fingerprint density at radius 1 is 1.00 bits per heavy atom. The second kappa shape index (κ2) is 13.8. The van der Waals surface area contributed by atoms with Crippen molar-refractivity contribution in [2.45, 2.75) is 63.6 Å². The number of fused-ring (bicyclic) bond motifs is 1. The summed E-state index contributed by atoms with van der Waals surface area (Å²) in [6.07, 6.45) is -1.40. The number of nitrogens with one attached hydrogen (secondary N) is 2. The van der Waals surface area contributed by atoms with E-state index in [1.807, 2.05) is 88.4 Å². The highest BCUT2D eigenvalue weighted by atomic mass is 32.2. The SMILES string of the molecule is Cc1cccc(C)c1OCC(=O)N[C@@H](Cc1ccccc1)[C@H](O)C(=O)N1CSC(C)(C)[C@H]1C(=O)NCc1ccc2c(c1)OCO2. The molecule has 238 valence electrons. The van der Waals surface area contributed by atoms with Gasteiger partial charge < -0.3 is 34.9 Å². The maximum absolute atomic E-state index is 13.9. The van der Waals surface area contributed by atoms with Crippen LogP contribution in [-0.2, 0) is 27.3 Å². The summed E-state index contributed by atoms with van der Waals surface area (Å²) in [6, 6.07) is 18.7. The Morgan fingerprint density at radius 2 is 1.71 bits per heavy atom. The van der Waals surface area contributed by atoms with Crippen molar-refractivity contribution in [3.05, 3.63) is 89.0 Å². The molecule has 2 aliphatic heterocycles. The zero-order valence-electron chi connectivity index (χ0n) is 25.9. The topological polar surface area (TPSA) is 126 Å². The van der Waals surface area contributed by atoms with Gasteiger partial charge >= 0.3 is 0 Å². The zero-order valence-corrected chi connectivity index (χ0v) is 26.7. The summed E-state index contributed by atoms with van der Waals surface area (Å²) >= 11 is 1.46. The Labute approximate surface area is 267 Å². The number of hydrogen-bond donors (Lipinski definition) is 3. The van der Waals surface area contributed by atoms with Crippen LogP contribution in [0.4, 0.5) is 0 Å². The number of benzene rings is 3. The van der Waals surface area contributed by atoms with Gasteiger partial charge in [0.25, 0.3) is 11.8 Å². The lowest BCUT2D eigenvalue weighted by atomic mass is 9.97. The molecule has 0 saturated carbocycles. The highest BCUT2D eigenvalue weighted by Crippen LogP contribution is 2.40. The van der Waals surface area contributed by atoms with Crippen LogP contribution in [0.25, 0.3) is 0 Å². The summed E-state index contributed by atoms with van der Waals surface area (Å²) in [5.41, 5.74) is 3.45. The molecule has 1 saturated heterocycles. The molecule has 5 rings (SSSR count). The molecule has 10 nitrogen and oxygen atoms in total. The predicted octanol–water partition coefficient (Wildman–Crippen LogP) is 3.50. The van der Waals surface area contributed by atoms with Crippen LogP contribution < -0.4 is 24.8 Å². The Morgan fingerprint density at radius 3 is 2.44 bits per heavy atom. The molecule has 3 aromatic carbocycles. The summed E-state index contributed by atoms with van der Waals surface area (Å²) in [5, 5.41) is 17.2. The second-order valence-corrected chi connectivity index (χ2v) is 13.4. The van der Waals surface area contributed by atoms with Crippen molar-refractivity contribution >= 4 is 29.5 Å². The summed E-state index contributed by atoms with van der Waals surface area (Å²) < 4.78 is 16.0. The van der Waals surface area contributed by atoms with E-state index in [2.05, 4.69) is 10.6 Å². The van der Waals surface area contributed by atoms with E-state index in [9.17, 15) is 19.5 Å². The molecular formula is C34H39N3O7S. The summed E-state index contributed by atoms with van der Waals surface area (Å²) in [4.78, 5) is 42.0. The van der Waals surface area contributed by atoms with Gasteiger partial charge in [-0.15, -0.1) is 11.8 Å². The number of amides is 3. The molecule has 3 atom stereocenters. The lowest BCUT2D eigenvalue weighted by Gasteiger charge is -2.33. The summed E-state index contributed by atoms with van der Waals surface area (Å²) in [5.74, 6) is 0.658. The van der Waals surface area contributed by atoms with Crippen LogP contribution in [0.5, 0.6) is 17.2 Å². The molecule has 0 spiro atoms. The molecule has 0 unspecified atom stereocenters. The standard InChI is InChI=1S/C34H39N3O7S/c1-21-9-8-10-22(2)30(21)42-18-28(38)36-25(15-23-11-6-5-7-12-23)29(39)33(41)37-19-45-34(3,4)31(37)32(40)35-17-24-13-14-26-27(16-24)44-20-43-26/h5-14,16,25,29,31,39H,15,17-20H2,1-4H3,(H,35,40)(H,36,38)/t25-,29-,31+/m0/s1. The van der Waals surface area contributed by atoms with E-state index in [0.29, 0.717) is 17.2 Å². The number of ether oxygens (including phenoxy) is 3. The van der Waals surface area contributed by atoms with Crippen molar-refractivity contribution in [2.75, 3.05) is 19.3 Å². The van der Waals surface area contributed by atoms with E-state index >= 15 is 0 Å². The molecule has 3 amide bonds. The molecule has 0 aliphatic carbocycles. The van der Waals surface area contributed by atoms with Gasteiger partial charge in [-0.05, 0) is 68.5 Å². The number of carbonyl (C=O) groups is 3. The predicted molar refractivity (Wildman–Crippen MR) is 171 cm³/mol. The van der Waals surface area contributed by atoms with Crippen LogP contribution in [0, 0.1) is 13.8 Å². The van der Waals surface area contributed by atoms with Gasteiger partial charge in [-0.1, -0.05) is 54.6 Å². The minimum atomic E-state index is -1.60. The lowest BCUT2D eigenvalue weighted by molar-refractivity contribution is -0.148. The third-order valence-corrected chi connectivity index (χ3v) is 9.39. The number of thioether (sulfide) groups is 1. The van der Waals surface area contributed by atoms with E-state index in [1.165, 1.54) is 16.7 Å². The van der Waals surface area contributed by atoms with Crippen molar-refractivity contribution in [2.24, 2.45) is 0 Å². The molecule has 2 heterocycles. The van der Waals surface area contributed by atoms with E-state index in [1.54, 1.807) is 6.07 Å². The van der Waals surface area contributed by atoms with Crippen molar-refractivity contribution in [1.29, 1.82) is 0 Å². The van der Waals surface area contributed by atoms with Crippen LogP contribution in [0.15, 0.2) is 66.7 Å². The summed E-state index contributed by atoms with van der Waals surface area (Å²) in [7, 11) is 0. The van der Waals surface area contributed by atoms with Gasteiger partial charge in [0.05, 0.1) is 11.9 Å². The fraction of sp³-hybridized carbons (Fsp3) is 0.382. The van der Waals surface area contributed by atoms with Gasteiger partial charge in [-0.25, -0.2) is 0 Å². The Hall–Kier alpha value is -4.22. The number of carbonyl (C=O) groups excluding carboxylic acids is 3. The van der Waals surface area contributed by atoms with Crippen LogP contribution in [0.3, 0.4) is 0 Å². The fourth-order valence-electron chi connectivity index (χ4n) is 5.61. The van der Waals surface area contributed by atoms with Gasteiger partial charge in [0.2, 0.25) is 12.7 Å². The monoisotopic (exact) mass is 633 g/mol. The largest absolute Gasteiger partial charge is 0.483 e. The van der Waals surface area contributed by atoms with Gasteiger partial charge in [0, 0.05) is 11.3 Å².